The second-order valence-electron chi connectivity index (χ2n) is 5.58. The molecule has 0 fully saturated rings. The number of nitrogen functional groups attached to an aromatic ring is 1. The van der Waals surface area contributed by atoms with Crippen molar-refractivity contribution in [2.24, 2.45) is 0 Å². The van der Waals surface area contributed by atoms with Gasteiger partial charge in [-0.15, -0.1) is 0 Å². The molecule has 0 aliphatic rings. The van der Waals surface area contributed by atoms with Crippen LogP contribution in [0.15, 0.2) is 35.0 Å². The summed E-state index contributed by atoms with van der Waals surface area (Å²) < 4.78 is 0. The van der Waals surface area contributed by atoms with Crippen LogP contribution in [0.5, 0.6) is 0 Å². The number of nitrogens with zero attached hydrogens (tertiary/aromatic N) is 1. The largest absolute Gasteiger partial charge is 0.399 e. The van der Waals surface area contributed by atoms with E-state index in [2.05, 4.69) is 40.9 Å². The summed E-state index contributed by atoms with van der Waals surface area (Å²) in [6.45, 7) is 8.70. The number of rotatable bonds is 7. The minimum absolute atomic E-state index is 0.0674. The van der Waals surface area contributed by atoms with Gasteiger partial charge in [-0.1, -0.05) is 19.9 Å². The molecular weight excluding hydrogens is 306 g/mol. The van der Waals surface area contributed by atoms with E-state index in [0.29, 0.717) is 17.8 Å². The van der Waals surface area contributed by atoms with Crippen molar-refractivity contribution in [3.05, 3.63) is 51.7 Å². The molecule has 1 unspecified atom stereocenters. The molecule has 4 nitrogen and oxygen atoms in total. The summed E-state index contributed by atoms with van der Waals surface area (Å²) >= 11 is 1.69. The molecule has 1 aromatic heterocycles. The Labute approximate surface area is 142 Å². The number of hydrogen-bond donors (Lipinski definition) is 2. The summed E-state index contributed by atoms with van der Waals surface area (Å²) in [5.41, 5.74) is 9.25. The fourth-order valence-electron chi connectivity index (χ4n) is 2.76. The van der Waals surface area contributed by atoms with Crippen LogP contribution in [0, 0.1) is 6.92 Å². The van der Waals surface area contributed by atoms with Gasteiger partial charge in [0.25, 0.3) is 5.91 Å². The normalized spacial score (nSPS) is 12.3. The fourth-order valence-corrected chi connectivity index (χ4v) is 3.46. The van der Waals surface area contributed by atoms with E-state index in [1.807, 2.05) is 19.1 Å². The minimum Gasteiger partial charge on any atom is -0.399 e. The molecule has 1 atom stereocenters. The van der Waals surface area contributed by atoms with Gasteiger partial charge in [-0.25, -0.2) is 0 Å². The van der Waals surface area contributed by atoms with E-state index >= 15 is 0 Å². The molecule has 0 radical (unpaired) electrons. The third kappa shape index (κ3) is 4.33. The van der Waals surface area contributed by atoms with Gasteiger partial charge in [-0.05, 0) is 60.1 Å². The Bertz CT molecular complexity index is 636. The number of nitrogens with one attached hydrogen (secondary N) is 1. The number of benzene rings is 1. The summed E-state index contributed by atoms with van der Waals surface area (Å²) in [4.78, 5) is 14.9. The predicted octanol–water partition coefficient (Wildman–Crippen LogP) is 3.45. The lowest BCUT2D eigenvalue weighted by Gasteiger charge is -2.29. The third-order valence-corrected chi connectivity index (χ3v) is 4.84. The van der Waals surface area contributed by atoms with E-state index in [9.17, 15) is 4.79 Å². The molecule has 124 valence electrons. The first-order valence-electron chi connectivity index (χ1n) is 7.97. The smallest absolute Gasteiger partial charge is 0.251 e. The molecule has 5 heteroatoms. The zero-order valence-corrected chi connectivity index (χ0v) is 14.8. The van der Waals surface area contributed by atoms with Crippen molar-refractivity contribution in [3.8, 4) is 0 Å². The summed E-state index contributed by atoms with van der Waals surface area (Å²) in [5, 5.41) is 7.31. The van der Waals surface area contributed by atoms with Crippen molar-refractivity contribution in [1.29, 1.82) is 0 Å². The van der Waals surface area contributed by atoms with Crippen LogP contribution in [-0.2, 0) is 0 Å². The molecule has 0 bridgehead atoms. The zero-order chi connectivity index (χ0) is 16.8. The van der Waals surface area contributed by atoms with Gasteiger partial charge in [0, 0.05) is 17.8 Å². The highest BCUT2D eigenvalue weighted by atomic mass is 32.1. The van der Waals surface area contributed by atoms with Crippen molar-refractivity contribution in [3.63, 3.8) is 0 Å². The maximum Gasteiger partial charge on any atom is 0.251 e. The lowest BCUT2D eigenvalue weighted by molar-refractivity contribution is 0.0934. The van der Waals surface area contributed by atoms with Gasteiger partial charge in [0.05, 0.1) is 6.04 Å². The Morgan fingerprint density at radius 3 is 2.65 bits per heavy atom. The SMILES string of the molecule is CCN(CC)C(CNC(=O)c1cc(N)ccc1C)c1ccsc1. The van der Waals surface area contributed by atoms with Crippen molar-refractivity contribution >= 4 is 22.9 Å². The number of hydrogen-bond acceptors (Lipinski definition) is 4. The molecule has 0 saturated carbocycles. The molecule has 0 spiro atoms. The summed E-state index contributed by atoms with van der Waals surface area (Å²) in [6, 6.07) is 7.76. The average Bonchev–Trinajstić information content (AvgIpc) is 3.07. The van der Waals surface area contributed by atoms with E-state index < -0.39 is 0 Å². The summed E-state index contributed by atoms with van der Waals surface area (Å²) in [6.07, 6.45) is 0. The van der Waals surface area contributed by atoms with E-state index in [4.69, 9.17) is 5.73 Å². The van der Waals surface area contributed by atoms with Gasteiger partial charge in [0.2, 0.25) is 0 Å². The van der Waals surface area contributed by atoms with Crippen LogP contribution >= 0.6 is 11.3 Å². The first-order chi connectivity index (χ1) is 11.1. The summed E-state index contributed by atoms with van der Waals surface area (Å²) in [5.74, 6) is -0.0674. The standard InChI is InChI=1S/C18H25N3OS/c1-4-21(5-2)17(14-8-9-23-12-14)11-20-18(22)16-10-15(19)7-6-13(16)3/h6-10,12,17H,4-5,11,19H2,1-3H3,(H,20,22). The molecule has 0 aliphatic heterocycles. The van der Waals surface area contributed by atoms with Crippen molar-refractivity contribution in [2.45, 2.75) is 26.8 Å². The highest BCUT2D eigenvalue weighted by molar-refractivity contribution is 7.07. The Morgan fingerprint density at radius 1 is 1.30 bits per heavy atom. The van der Waals surface area contributed by atoms with E-state index in [-0.39, 0.29) is 11.9 Å². The minimum atomic E-state index is -0.0674. The van der Waals surface area contributed by atoms with Crippen LogP contribution in [-0.4, -0.2) is 30.4 Å². The van der Waals surface area contributed by atoms with Gasteiger partial charge in [-0.2, -0.15) is 11.3 Å². The Kier molecular flexibility index (Phi) is 6.19. The van der Waals surface area contributed by atoms with Crippen LogP contribution in [0.3, 0.4) is 0 Å². The monoisotopic (exact) mass is 331 g/mol. The molecule has 2 rings (SSSR count). The number of nitrogens with two attached hydrogens (primary N) is 1. The topological polar surface area (TPSA) is 58.4 Å². The van der Waals surface area contributed by atoms with Crippen LogP contribution in [0.25, 0.3) is 0 Å². The van der Waals surface area contributed by atoms with Crippen LogP contribution in [0.4, 0.5) is 5.69 Å². The zero-order valence-electron chi connectivity index (χ0n) is 14.0. The molecule has 1 heterocycles. The van der Waals surface area contributed by atoms with E-state index in [0.717, 1.165) is 18.7 Å². The molecule has 0 saturated heterocycles. The molecule has 0 aliphatic carbocycles. The molecule has 23 heavy (non-hydrogen) atoms. The number of carbonyl (C=O) groups is 1. The Balaban J connectivity index is 2.12. The van der Waals surface area contributed by atoms with Crippen molar-refractivity contribution < 1.29 is 4.79 Å². The first-order valence-corrected chi connectivity index (χ1v) is 8.91. The Hall–Kier alpha value is -1.85. The summed E-state index contributed by atoms with van der Waals surface area (Å²) in [7, 11) is 0. The Morgan fingerprint density at radius 2 is 2.04 bits per heavy atom. The quantitative estimate of drug-likeness (QED) is 0.764. The number of likely N-dealkylation sites (N-methyl/N-ethyl adjacent to an activating group) is 1. The van der Waals surface area contributed by atoms with Crippen molar-refractivity contribution in [1.82, 2.24) is 10.2 Å². The average molecular weight is 331 g/mol. The number of thiophene rings is 1. The lowest BCUT2D eigenvalue weighted by Crippen LogP contribution is -2.38. The highest BCUT2D eigenvalue weighted by Gasteiger charge is 2.20. The van der Waals surface area contributed by atoms with Crippen LogP contribution in [0.1, 0.15) is 41.4 Å². The van der Waals surface area contributed by atoms with Crippen LogP contribution < -0.4 is 11.1 Å². The lowest BCUT2D eigenvalue weighted by atomic mass is 10.1. The van der Waals surface area contributed by atoms with Gasteiger partial charge < -0.3 is 11.1 Å². The van der Waals surface area contributed by atoms with Gasteiger partial charge in [-0.3, -0.25) is 9.69 Å². The van der Waals surface area contributed by atoms with E-state index in [1.54, 1.807) is 17.4 Å². The fraction of sp³-hybridized carbons (Fsp3) is 0.389. The van der Waals surface area contributed by atoms with Gasteiger partial charge in [0.1, 0.15) is 0 Å². The molecule has 2 aromatic rings. The first kappa shape index (κ1) is 17.5. The van der Waals surface area contributed by atoms with E-state index in [1.165, 1.54) is 5.56 Å². The number of anilines is 1. The number of aryl methyl sites for hydroxylation is 1. The second-order valence-corrected chi connectivity index (χ2v) is 6.36. The van der Waals surface area contributed by atoms with Crippen LogP contribution in [0.2, 0.25) is 0 Å². The maximum atomic E-state index is 12.5. The van der Waals surface area contributed by atoms with Gasteiger partial charge >= 0.3 is 0 Å². The van der Waals surface area contributed by atoms with Gasteiger partial charge in [0.15, 0.2) is 0 Å². The third-order valence-electron chi connectivity index (χ3n) is 4.14. The molecular formula is C18H25N3OS. The highest BCUT2D eigenvalue weighted by Crippen LogP contribution is 2.22. The molecule has 3 N–H and O–H groups in total. The second kappa shape index (κ2) is 8.13. The number of amides is 1. The maximum absolute atomic E-state index is 12.5. The number of carbonyl (C=O) groups excluding carboxylic acids is 1. The molecule has 1 aromatic carbocycles. The van der Waals surface area contributed by atoms with Crippen molar-refractivity contribution in [2.75, 3.05) is 25.4 Å². The predicted molar refractivity (Wildman–Crippen MR) is 97.9 cm³/mol. The molecule has 1 amide bonds.